The number of hydrogen-bond acceptors (Lipinski definition) is 5. The number of nitro benzene ring substituents is 1. The lowest BCUT2D eigenvalue weighted by Gasteiger charge is -2.03. The second-order valence-corrected chi connectivity index (χ2v) is 5.19. The van der Waals surface area contributed by atoms with Crippen LogP contribution in [-0.4, -0.2) is 9.91 Å². The van der Waals surface area contributed by atoms with Gasteiger partial charge in [-0.2, -0.15) is 0 Å². The molecule has 0 bridgehead atoms. The van der Waals surface area contributed by atoms with Crippen LogP contribution in [0, 0.1) is 10.1 Å². The molecule has 1 aromatic carbocycles. The first-order valence-electron chi connectivity index (χ1n) is 5.33. The molecule has 0 atom stereocenters. The van der Waals surface area contributed by atoms with E-state index >= 15 is 0 Å². The third-order valence-corrected chi connectivity index (χ3v) is 3.62. The topological polar surface area (TPSA) is 82.0 Å². The maximum atomic E-state index is 10.8. The fourth-order valence-electron chi connectivity index (χ4n) is 1.44. The van der Waals surface area contributed by atoms with Crippen LogP contribution in [0.25, 0.3) is 0 Å². The lowest BCUT2D eigenvalue weighted by atomic mass is 10.2. The molecule has 7 heteroatoms. The van der Waals surface area contributed by atoms with E-state index in [9.17, 15) is 10.1 Å². The van der Waals surface area contributed by atoms with Gasteiger partial charge in [0, 0.05) is 18.0 Å². The molecule has 2 N–H and O–H groups in total. The van der Waals surface area contributed by atoms with Crippen LogP contribution in [0.15, 0.2) is 41.6 Å². The van der Waals surface area contributed by atoms with Crippen molar-refractivity contribution in [1.29, 1.82) is 0 Å². The molecule has 0 aliphatic heterocycles. The Labute approximate surface area is 118 Å². The van der Waals surface area contributed by atoms with Crippen LogP contribution in [0.1, 0.15) is 5.56 Å². The summed E-state index contributed by atoms with van der Waals surface area (Å²) >= 11 is 7.22. The number of thioether (sulfide) groups is 1. The van der Waals surface area contributed by atoms with Gasteiger partial charge >= 0.3 is 0 Å². The second-order valence-electron chi connectivity index (χ2n) is 3.75. The molecule has 0 amide bonds. The van der Waals surface area contributed by atoms with Gasteiger partial charge in [0.25, 0.3) is 5.69 Å². The van der Waals surface area contributed by atoms with Crippen LogP contribution < -0.4 is 5.73 Å². The van der Waals surface area contributed by atoms with Gasteiger partial charge in [-0.15, -0.1) is 11.8 Å². The minimum Gasteiger partial charge on any atom is -0.393 e. The number of halogens is 1. The number of nitro groups is 1. The third kappa shape index (κ3) is 3.59. The number of nitrogens with two attached hydrogens (primary N) is 1. The van der Waals surface area contributed by atoms with E-state index in [1.54, 1.807) is 30.5 Å². The molecule has 0 aliphatic rings. The standard InChI is InChI=1S/C12H10ClN3O2S/c13-9-2-4-12(15-6-9)19-7-8-1-3-10(14)11(5-8)16(17)18/h1-6H,7,14H2. The molecule has 0 saturated carbocycles. The largest absolute Gasteiger partial charge is 0.393 e. The van der Waals surface area contributed by atoms with Crippen molar-refractivity contribution in [3.05, 3.63) is 57.2 Å². The third-order valence-electron chi connectivity index (χ3n) is 2.38. The Hall–Kier alpha value is -1.79. The number of hydrogen-bond donors (Lipinski definition) is 1. The maximum absolute atomic E-state index is 10.8. The molecular weight excluding hydrogens is 286 g/mol. The Morgan fingerprint density at radius 1 is 1.37 bits per heavy atom. The van der Waals surface area contributed by atoms with Crippen LogP contribution in [0.4, 0.5) is 11.4 Å². The monoisotopic (exact) mass is 295 g/mol. The van der Waals surface area contributed by atoms with Gasteiger partial charge in [-0.05, 0) is 23.8 Å². The maximum Gasteiger partial charge on any atom is 0.292 e. The van der Waals surface area contributed by atoms with Gasteiger partial charge in [0.1, 0.15) is 5.69 Å². The van der Waals surface area contributed by atoms with E-state index in [4.69, 9.17) is 17.3 Å². The van der Waals surface area contributed by atoms with Gasteiger partial charge in [0.15, 0.2) is 0 Å². The zero-order valence-electron chi connectivity index (χ0n) is 9.75. The fraction of sp³-hybridized carbons (Fsp3) is 0.0833. The summed E-state index contributed by atoms with van der Waals surface area (Å²) in [5, 5.41) is 12.2. The highest BCUT2D eigenvalue weighted by Crippen LogP contribution is 2.27. The first-order valence-corrected chi connectivity index (χ1v) is 6.70. The smallest absolute Gasteiger partial charge is 0.292 e. The van der Waals surface area contributed by atoms with E-state index in [2.05, 4.69) is 4.98 Å². The van der Waals surface area contributed by atoms with E-state index in [0.717, 1.165) is 10.6 Å². The lowest BCUT2D eigenvalue weighted by molar-refractivity contribution is -0.383. The number of pyridine rings is 1. The van der Waals surface area contributed by atoms with Crippen LogP contribution in [-0.2, 0) is 5.75 Å². The van der Waals surface area contributed by atoms with Crippen LogP contribution >= 0.6 is 23.4 Å². The van der Waals surface area contributed by atoms with Gasteiger partial charge in [-0.25, -0.2) is 4.98 Å². The summed E-state index contributed by atoms with van der Waals surface area (Å²) in [5.41, 5.74) is 6.46. The molecule has 5 nitrogen and oxygen atoms in total. The zero-order chi connectivity index (χ0) is 13.8. The second kappa shape index (κ2) is 5.90. The normalized spacial score (nSPS) is 10.4. The zero-order valence-corrected chi connectivity index (χ0v) is 11.3. The summed E-state index contributed by atoms with van der Waals surface area (Å²) in [5.74, 6) is 0.579. The molecule has 0 spiro atoms. The van der Waals surface area contributed by atoms with Crippen molar-refractivity contribution in [2.45, 2.75) is 10.8 Å². The van der Waals surface area contributed by atoms with E-state index in [1.165, 1.54) is 17.8 Å². The van der Waals surface area contributed by atoms with Crippen LogP contribution in [0.3, 0.4) is 0 Å². The van der Waals surface area contributed by atoms with Crippen LogP contribution in [0.2, 0.25) is 5.02 Å². The highest BCUT2D eigenvalue weighted by Gasteiger charge is 2.11. The average molecular weight is 296 g/mol. The van der Waals surface area contributed by atoms with Crippen molar-refractivity contribution < 1.29 is 4.92 Å². The minimum absolute atomic E-state index is 0.0674. The number of nitrogen functional groups attached to an aromatic ring is 1. The van der Waals surface area contributed by atoms with Crippen molar-refractivity contribution in [3.63, 3.8) is 0 Å². The van der Waals surface area contributed by atoms with Crippen molar-refractivity contribution in [2.24, 2.45) is 0 Å². The summed E-state index contributed by atoms with van der Waals surface area (Å²) < 4.78 is 0. The summed E-state index contributed by atoms with van der Waals surface area (Å²) in [7, 11) is 0. The lowest BCUT2D eigenvalue weighted by Crippen LogP contribution is -1.96. The SMILES string of the molecule is Nc1ccc(CSc2ccc(Cl)cn2)cc1[N+](=O)[O-]. The van der Waals surface area contributed by atoms with Gasteiger partial charge in [0.05, 0.1) is 15.0 Å². The molecular formula is C12H10ClN3O2S. The molecule has 2 rings (SSSR count). The molecule has 98 valence electrons. The van der Waals surface area contributed by atoms with Gasteiger partial charge in [-0.3, -0.25) is 10.1 Å². The van der Waals surface area contributed by atoms with Gasteiger partial charge in [-0.1, -0.05) is 17.7 Å². The van der Waals surface area contributed by atoms with Crippen LogP contribution in [0.5, 0.6) is 0 Å². The predicted octanol–water partition coefficient (Wildman–Crippen LogP) is 3.52. The molecule has 0 saturated heterocycles. The van der Waals surface area contributed by atoms with Crippen molar-refractivity contribution in [2.75, 3.05) is 5.73 Å². The minimum atomic E-state index is -0.482. The highest BCUT2D eigenvalue weighted by atomic mass is 35.5. The number of rotatable bonds is 4. The van der Waals surface area contributed by atoms with E-state index in [-0.39, 0.29) is 11.4 Å². The molecule has 0 radical (unpaired) electrons. The molecule has 1 heterocycles. The number of nitrogens with zero attached hydrogens (tertiary/aromatic N) is 2. The summed E-state index contributed by atoms with van der Waals surface area (Å²) in [6.07, 6.45) is 1.56. The van der Waals surface area contributed by atoms with Gasteiger partial charge < -0.3 is 5.73 Å². The average Bonchev–Trinajstić information content (AvgIpc) is 2.39. The van der Waals surface area contributed by atoms with E-state index < -0.39 is 4.92 Å². The molecule has 19 heavy (non-hydrogen) atoms. The van der Waals surface area contributed by atoms with E-state index in [1.807, 2.05) is 0 Å². The van der Waals surface area contributed by atoms with Crippen molar-refractivity contribution in [1.82, 2.24) is 4.98 Å². The Kier molecular flexibility index (Phi) is 4.24. The van der Waals surface area contributed by atoms with Gasteiger partial charge in [0.2, 0.25) is 0 Å². The quantitative estimate of drug-likeness (QED) is 0.404. The summed E-state index contributed by atoms with van der Waals surface area (Å²) in [4.78, 5) is 14.4. The Balaban J connectivity index is 2.09. The molecule has 2 aromatic rings. The van der Waals surface area contributed by atoms with Crippen molar-refractivity contribution >= 4 is 34.7 Å². The fourth-order valence-corrected chi connectivity index (χ4v) is 2.34. The molecule has 0 unspecified atom stereocenters. The predicted molar refractivity (Wildman–Crippen MR) is 76.3 cm³/mol. The highest BCUT2D eigenvalue weighted by molar-refractivity contribution is 7.98. The van der Waals surface area contributed by atoms with Crippen molar-refractivity contribution in [3.8, 4) is 0 Å². The summed E-state index contributed by atoms with van der Waals surface area (Å²) in [6, 6.07) is 8.36. The Bertz CT molecular complexity index is 604. The molecule has 0 aliphatic carbocycles. The van der Waals surface area contributed by atoms with E-state index in [0.29, 0.717) is 10.8 Å². The Morgan fingerprint density at radius 3 is 2.79 bits per heavy atom. The first kappa shape index (κ1) is 13.6. The summed E-state index contributed by atoms with van der Waals surface area (Å²) in [6.45, 7) is 0. The number of aromatic nitrogens is 1. The Morgan fingerprint density at radius 2 is 2.16 bits per heavy atom. The number of benzene rings is 1. The first-order chi connectivity index (χ1) is 9.06. The number of anilines is 1. The molecule has 0 fully saturated rings. The molecule has 1 aromatic heterocycles.